The molecular formula is C85H62N2O2. The molecule has 0 bridgehead atoms. The number of para-hydroxylation sites is 6. The van der Waals surface area contributed by atoms with Crippen molar-refractivity contribution in [2.24, 2.45) is 0 Å². The molecule has 2 fully saturated rings. The fraction of sp³-hybridized carbons (Fsp3) is 0.153. The summed E-state index contributed by atoms with van der Waals surface area (Å²) in [5, 5.41) is 12.3. The topological polar surface area (TPSA) is 32.8 Å². The van der Waals surface area contributed by atoms with Crippen LogP contribution in [-0.4, -0.2) is 0 Å². The Labute approximate surface area is 516 Å². The molecule has 0 radical (unpaired) electrons. The second-order valence-electron chi connectivity index (χ2n) is 26.1. The number of fused-ring (bicyclic) bond motifs is 15. The van der Waals surface area contributed by atoms with E-state index in [4.69, 9.17) is 8.83 Å². The molecule has 0 aliphatic heterocycles. The predicted octanol–water partition coefficient (Wildman–Crippen LogP) is 24.3. The average molecular weight is 1140 g/mol. The number of anilines is 6. The molecule has 89 heavy (non-hydrogen) atoms. The largest absolute Gasteiger partial charge is 0.454 e. The molecule has 0 saturated heterocycles. The molecule has 1 unspecified atom stereocenters. The van der Waals surface area contributed by atoms with E-state index in [2.05, 4.69) is 252 Å². The van der Waals surface area contributed by atoms with Gasteiger partial charge in [0.1, 0.15) is 11.2 Å². The maximum Gasteiger partial charge on any atom is 0.159 e. The Balaban J connectivity index is 0.813. The van der Waals surface area contributed by atoms with Crippen LogP contribution in [0.4, 0.5) is 34.1 Å². The zero-order valence-corrected chi connectivity index (χ0v) is 49.5. The quantitative estimate of drug-likeness (QED) is 0.152. The van der Waals surface area contributed by atoms with Crippen LogP contribution in [0.25, 0.3) is 110 Å². The summed E-state index contributed by atoms with van der Waals surface area (Å²) in [5.41, 5.74) is 25.8. The number of hydrogen-bond donors (Lipinski definition) is 0. The number of nitrogens with zero attached hydrogens (tertiary/aromatic N) is 2. The van der Waals surface area contributed by atoms with Crippen LogP contribution in [0.5, 0.6) is 0 Å². The summed E-state index contributed by atoms with van der Waals surface area (Å²) in [4.78, 5) is 4.89. The molecule has 20 rings (SSSR count). The molecule has 2 aromatic heterocycles. The highest BCUT2D eigenvalue weighted by atomic mass is 16.3. The Kier molecular flexibility index (Phi) is 10.6. The van der Waals surface area contributed by atoms with Crippen LogP contribution < -0.4 is 9.80 Å². The summed E-state index contributed by atoms with van der Waals surface area (Å²) in [6, 6.07) is 92.0. The lowest BCUT2D eigenvalue weighted by atomic mass is 9.63. The lowest BCUT2D eigenvalue weighted by molar-refractivity contribution is 0.442. The summed E-state index contributed by atoms with van der Waals surface area (Å²) in [5.74, 6) is 1.04. The van der Waals surface area contributed by atoms with Crippen molar-refractivity contribution < 1.29 is 8.83 Å². The number of rotatable bonds is 8. The first-order valence-corrected chi connectivity index (χ1v) is 32.6. The molecule has 2 heterocycles. The van der Waals surface area contributed by atoms with Crippen molar-refractivity contribution in [3.8, 4) is 33.4 Å². The zero-order valence-electron chi connectivity index (χ0n) is 49.5. The van der Waals surface area contributed by atoms with Crippen molar-refractivity contribution in [2.45, 2.75) is 81.5 Å². The van der Waals surface area contributed by atoms with Crippen LogP contribution in [0.2, 0.25) is 0 Å². The molecular weight excluding hydrogens is 1080 g/mol. The molecule has 424 valence electrons. The van der Waals surface area contributed by atoms with Crippen LogP contribution in [0, 0.1) is 0 Å². The third kappa shape index (κ3) is 6.89. The molecule has 1 atom stereocenters. The first kappa shape index (κ1) is 49.9. The van der Waals surface area contributed by atoms with E-state index in [1.165, 1.54) is 174 Å². The van der Waals surface area contributed by atoms with E-state index in [-0.39, 0.29) is 0 Å². The van der Waals surface area contributed by atoms with Gasteiger partial charge in [0, 0.05) is 44.3 Å². The smallest absolute Gasteiger partial charge is 0.159 e. The minimum Gasteiger partial charge on any atom is -0.454 e. The Hall–Kier alpha value is -10.2. The standard InChI is InChI=1S/C85H62N2O2/c1-5-20-51(21-6-1)62-30-15-33-67-69-35-18-38-74(83(69)88-81(62)67)86(56-25-9-3-10-26-56)58-43-46-61-54(48-58)40-44-65-66-45-41-55-49-59(50-72-64-32-17-37-71-77-60-29-14-13-24-53(60)42-47-73(77)85(78(61)65,79(64)71)80(66)76(55)72)87(57-27-11-4-12-28-57)75-39-19-36-70-68-34-16-31-63(82(68)89-84(70)75)52-22-7-2-8-23-52/h3-4,9-19,24-52H,1-2,5-8,20-23H2. The third-order valence-corrected chi connectivity index (χ3v) is 21.7. The molecule has 15 aromatic rings. The summed E-state index contributed by atoms with van der Waals surface area (Å²) in [6.07, 6.45) is 12.6. The van der Waals surface area contributed by atoms with E-state index in [9.17, 15) is 0 Å². The number of hydrogen-bond acceptors (Lipinski definition) is 4. The van der Waals surface area contributed by atoms with Gasteiger partial charge in [-0.25, -0.2) is 0 Å². The van der Waals surface area contributed by atoms with Gasteiger partial charge in [-0.3, -0.25) is 0 Å². The Morgan fingerprint density at radius 1 is 0.303 bits per heavy atom. The van der Waals surface area contributed by atoms with Gasteiger partial charge >= 0.3 is 0 Å². The zero-order chi connectivity index (χ0) is 58.1. The van der Waals surface area contributed by atoms with E-state index in [0.29, 0.717) is 11.8 Å². The van der Waals surface area contributed by atoms with Crippen LogP contribution in [0.15, 0.2) is 251 Å². The maximum absolute atomic E-state index is 7.31. The third-order valence-electron chi connectivity index (χ3n) is 21.7. The van der Waals surface area contributed by atoms with Crippen LogP contribution in [0.1, 0.15) is 109 Å². The molecule has 4 heteroatoms. The highest BCUT2D eigenvalue weighted by Crippen LogP contribution is 2.71. The van der Waals surface area contributed by atoms with Gasteiger partial charge < -0.3 is 18.6 Å². The van der Waals surface area contributed by atoms with Gasteiger partial charge in [0.2, 0.25) is 0 Å². The van der Waals surface area contributed by atoms with Gasteiger partial charge in [0.15, 0.2) is 11.2 Å². The van der Waals surface area contributed by atoms with Crippen molar-refractivity contribution in [3.63, 3.8) is 0 Å². The van der Waals surface area contributed by atoms with E-state index in [1.54, 1.807) is 0 Å². The Morgan fingerprint density at radius 3 is 1.46 bits per heavy atom. The summed E-state index contributed by atoms with van der Waals surface area (Å²) >= 11 is 0. The van der Waals surface area contributed by atoms with Gasteiger partial charge in [-0.15, -0.1) is 0 Å². The van der Waals surface area contributed by atoms with Gasteiger partial charge in [0.05, 0.1) is 16.8 Å². The van der Waals surface area contributed by atoms with Gasteiger partial charge in [-0.1, -0.05) is 221 Å². The van der Waals surface area contributed by atoms with Crippen LogP contribution in [-0.2, 0) is 5.41 Å². The summed E-state index contributed by atoms with van der Waals surface area (Å²) in [6.45, 7) is 0. The monoisotopic (exact) mass is 1140 g/mol. The highest BCUT2D eigenvalue weighted by molar-refractivity contribution is 6.21. The molecule has 1 spiro atoms. The molecule has 4 nitrogen and oxygen atoms in total. The minimum atomic E-state index is -0.602. The molecule has 0 N–H and O–H groups in total. The first-order chi connectivity index (χ1) is 44.2. The van der Waals surface area contributed by atoms with E-state index in [0.717, 1.165) is 67.2 Å². The molecule has 13 aromatic carbocycles. The minimum absolute atomic E-state index is 0.516. The van der Waals surface area contributed by atoms with Gasteiger partial charge in [-0.2, -0.15) is 0 Å². The molecule has 5 aliphatic carbocycles. The molecule has 0 amide bonds. The Morgan fingerprint density at radius 2 is 0.809 bits per heavy atom. The van der Waals surface area contributed by atoms with Crippen molar-refractivity contribution in [1.29, 1.82) is 0 Å². The lowest BCUT2D eigenvalue weighted by Crippen LogP contribution is -2.29. The lowest BCUT2D eigenvalue weighted by Gasteiger charge is -2.38. The summed E-state index contributed by atoms with van der Waals surface area (Å²) in [7, 11) is 0. The Bertz CT molecular complexity index is 5490. The van der Waals surface area contributed by atoms with Crippen molar-refractivity contribution >= 4 is 110 Å². The van der Waals surface area contributed by atoms with Crippen LogP contribution in [0.3, 0.4) is 0 Å². The van der Waals surface area contributed by atoms with Crippen molar-refractivity contribution in [2.75, 3.05) is 9.80 Å². The number of furan rings is 2. The molecule has 2 saturated carbocycles. The SMILES string of the molecule is c1ccc(N(c2ccc3c4c(ccc3c2)-c2ccc3cc(N(c5ccccc5)c5cccc6c5oc5c(C7CCCCC7)cccc56)cc5c3c2C42c3ccc4ccccc4c3-c3cccc-5c32)c2cccc3c2oc2c(C4CCCCC4)cccc23)cc1. The fourth-order valence-corrected chi connectivity index (χ4v) is 18.0. The average Bonchev–Trinajstić information content (AvgIpc) is 1.49. The van der Waals surface area contributed by atoms with Crippen molar-refractivity contribution in [3.05, 3.63) is 276 Å². The molecule has 5 aliphatic rings. The van der Waals surface area contributed by atoms with Crippen molar-refractivity contribution in [1.82, 2.24) is 0 Å². The number of benzene rings is 13. The first-order valence-electron chi connectivity index (χ1n) is 32.6. The summed E-state index contributed by atoms with van der Waals surface area (Å²) < 4.78 is 14.6. The fourth-order valence-electron chi connectivity index (χ4n) is 18.0. The second-order valence-corrected chi connectivity index (χ2v) is 26.1. The highest BCUT2D eigenvalue weighted by Gasteiger charge is 2.57. The second kappa shape index (κ2) is 18.9. The van der Waals surface area contributed by atoms with Gasteiger partial charge in [0.25, 0.3) is 0 Å². The maximum atomic E-state index is 7.31. The van der Waals surface area contributed by atoms with Gasteiger partial charge in [-0.05, 0) is 197 Å². The predicted molar refractivity (Wildman–Crippen MR) is 370 cm³/mol. The van der Waals surface area contributed by atoms with E-state index < -0.39 is 5.41 Å². The van der Waals surface area contributed by atoms with E-state index in [1.807, 2.05) is 0 Å². The normalized spacial score (nSPS) is 16.7. The van der Waals surface area contributed by atoms with E-state index >= 15 is 0 Å². The van der Waals surface area contributed by atoms with Crippen LogP contribution >= 0.6 is 0 Å².